The van der Waals surface area contributed by atoms with Crippen molar-refractivity contribution in [3.8, 4) is 11.5 Å². The number of hydrogen-bond donors (Lipinski definition) is 2. The molecule has 3 N–H and O–H groups in total. The van der Waals surface area contributed by atoms with Crippen LogP contribution in [0.4, 0.5) is 0 Å². The van der Waals surface area contributed by atoms with E-state index in [9.17, 15) is 4.79 Å². The van der Waals surface area contributed by atoms with Crippen LogP contribution in [0.1, 0.15) is 23.6 Å². The average Bonchev–Trinajstić information content (AvgIpc) is 2.65. The van der Waals surface area contributed by atoms with Gasteiger partial charge in [-0.1, -0.05) is 30.3 Å². The molecule has 0 radical (unpaired) electrons. The van der Waals surface area contributed by atoms with Crippen molar-refractivity contribution in [3.05, 3.63) is 64.7 Å². The summed E-state index contributed by atoms with van der Waals surface area (Å²) < 4.78 is 10.5. The maximum atomic E-state index is 12.3. The molecule has 0 aliphatic heterocycles. The number of carbonyl (C=O) groups excluding carboxylic acids is 1. The molecular formula is C20H24N2O3. The Bertz CT molecular complexity index is 769. The van der Waals surface area contributed by atoms with Crippen LogP contribution in [0.5, 0.6) is 11.5 Å². The largest absolute Gasteiger partial charge is 0.493 e. The van der Waals surface area contributed by atoms with E-state index >= 15 is 0 Å². The van der Waals surface area contributed by atoms with Gasteiger partial charge in [0.05, 0.1) is 14.2 Å². The minimum Gasteiger partial charge on any atom is -0.493 e. The van der Waals surface area contributed by atoms with Crippen molar-refractivity contribution in [2.45, 2.75) is 20.0 Å². The summed E-state index contributed by atoms with van der Waals surface area (Å²) in [6.45, 7) is 2.73. The molecule has 0 fully saturated rings. The third kappa shape index (κ3) is 5.09. The van der Waals surface area contributed by atoms with Gasteiger partial charge in [-0.2, -0.15) is 0 Å². The predicted octanol–water partition coefficient (Wildman–Crippen LogP) is 2.88. The van der Waals surface area contributed by atoms with Crippen LogP contribution in [0.3, 0.4) is 0 Å². The second kappa shape index (κ2) is 8.89. The molecule has 5 heteroatoms. The number of benzene rings is 2. The van der Waals surface area contributed by atoms with Crippen molar-refractivity contribution in [1.29, 1.82) is 0 Å². The lowest BCUT2D eigenvalue weighted by Crippen LogP contribution is -2.23. The molecule has 2 aromatic carbocycles. The van der Waals surface area contributed by atoms with E-state index in [-0.39, 0.29) is 5.91 Å². The van der Waals surface area contributed by atoms with Gasteiger partial charge in [0.15, 0.2) is 11.5 Å². The average molecular weight is 340 g/mol. The van der Waals surface area contributed by atoms with Gasteiger partial charge in [-0.25, -0.2) is 0 Å². The van der Waals surface area contributed by atoms with Gasteiger partial charge in [0.1, 0.15) is 0 Å². The Morgan fingerprint density at radius 2 is 1.80 bits per heavy atom. The Balaban J connectivity index is 2.04. The molecule has 0 heterocycles. The van der Waals surface area contributed by atoms with Gasteiger partial charge < -0.3 is 20.5 Å². The van der Waals surface area contributed by atoms with E-state index < -0.39 is 0 Å². The Labute approximate surface area is 148 Å². The number of nitrogens with one attached hydrogen (secondary N) is 1. The van der Waals surface area contributed by atoms with Crippen LogP contribution in [0.15, 0.2) is 48.0 Å². The van der Waals surface area contributed by atoms with E-state index in [1.807, 2.05) is 48.5 Å². The summed E-state index contributed by atoms with van der Waals surface area (Å²) in [6, 6.07) is 13.4. The van der Waals surface area contributed by atoms with Gasteiger partial charge in [0.25, 0.3) is 0 Å². The molecule has 2 rings (SSSR count). The van der Waals surface area contributed by atoms with Crippen molar-refractivity contribution in [2.75, 3.05) is 14.2 Å². The van der Waals surface area contributed by atoms with Crippen LogP contribution in [-0.4, -0.2) is 20.1 Å². The highest BCUT2D eigenvalue weighted by Gasteiger charge is 2.07. The first-order chi connectivity index (χ1) is 12.1. The Kier molecular flexibility index (Phi) is 6.60. The zero-order valence-electron chi connectivity index (χ0n) is 14.8. The van der Waals surface area contributed by atoms with Crippen LogP contribution >= 0.6 is 0 Å². The lowest BCUT2D eigenvalue weighted by molar-refractivity contribution is -0.117. The summed E-state index contributed by atoms with van der Waals surface area (Å²) in [4.78, 5) is 12.3. The lowest BCUT2D eigenvalue weighted by atomic mass is 10.1. The fourth-order valence-corrected chi connectivity index (χ4v) is 2.45. The normalized spacial score (nSPS) is 11.1. The van der Waals surface area contributed by atoms with Crippen LogP contribution in [0.25, 0.3) is 6.08 Å². The van der Waals surface area contributed by atoms with Crippen molar-refractivity contribution in [3.63, 3.8) is 0 Å². The SMILES string of the molecule is COc1ccc(/C=C(\C)C(=O)NCc2cccc(CN)c2)cc1OC. The fourth-order valence-electron chi connectivity index (χ4n) is 2.45. The molecule has 0 atom stereocenters. The fraction of sp³-hybridized carbons (Fsp3) is 0.250. The maximum absolute atomic E-state index is 12.3. The molecule has 2 aromatic rings. The number of methoxy groups -OCH3 is 2. The summed E-state index contributed by atoms with van der Waals surface area (Å²) in [7, 11) is 3.17. The van der Waals surface area contributed by atoms with Crippen molar-refractivity contribution >= 4 is 12.0 Å². The molecule has 0 saturated carbocycles. The van der Waals surface area contributed by atoms with Gasteiger partial charge in [-0.15, -0.1) is 0 Å². The molecule has 0 unspecified atom stereocenters. The molecule has 0 bridgehead atoms. The highest BCUT2D eigenvalue weighted by atomic mass is 16.5. The molecule has 0 aromatic heterocycles. The van der Waals surface area contributed by atoms with E-state index in [1.165, 1.54) is 0 Å². The zero-order chi connectivity index (χ0) is 18.2. The first-order valence-electron chi connectivity index (χ1n) is 8.03. The minimum absolute atomic E-state index is 0.118. The number of hydrogen-bond acceptors (Lipinski definition) is 4. The van der Waals surface area contributed by atoms with E-state index in [4.69, 9.17) is 15.2 Å². The van der Waals surface area contributed by atoms with Crippen LogP contribution < -0.4 is 20.5 Å². The standard InChI is InChI=1S/C20H24N2O3/c1-14(9-15-7-8-18(24-2)19(11-15)25-3)20(23)22-13-17-6-4-5-16(10-17)12-21/h4-11H,12-13,21H2,1-3H3,(H,22,23)/b14-9+. The molecule has 0 saturated heterocycles. The highest BCUT2D eigenvalue weighted by molar-refractivity contribution is 5.97. The zero-order valence-corrected chi connectivity index (χ0v) is 14.8. The minimum atomic E-state index is -0.118. The maximum Gasteiger partial charge on any atom is 0.247 e. The molecule has 0 aliphatic rings. The Morgan fingerprint density at radius 3 is 2.48 bits per heavy atom. The third-order valence-corrected chi connectivity index (χ3v) is 3.83. The number of amides is 1. The summed E-state index contributed by atoms with van der Waals surface area (Å²) in [6.07, 6.45) is 1.81. The topological polar surface area (TPSA) is 73.6 Å². The molecule has 1 amide bonds. The molecular weight excluding hydrogens is 316 g/mol. The van der Waals surface area contributed by atoms with Crippen molar-refractivity contribution < 1.29 is 14.3 Å². The first kappa shape index (κ1) is 18.5. The molecule has 0 aliphatic carbocycles. The number of ether oxygens (including phenoxy) is 2. The van der Waals surface area contributed by atoms with E-state index in [1.54, 1.807) is 21.1 Å². The van der Waals surface area contributed by atoms with E-state index in [0.717, 1.165) is 16.7 Å². The van der Waals surface area contributed by atoms with Gasteiger partial charge in [0.2, 0.25) is 5.91 Å². The Hall–Kier alpha value is -2.79. The van der Waals surface area contributed by atoms with E-state index in [0.29, 0.717) is 30.2 Å². The smallest absolute Gasteiger partial charge is 0.247 e. The summed E-state index contributed by atoms with van der Waals surface area (Å²) in [5, 5.41) is 2.92. The monoisotopic (exact) mass is 340 g/mol. The van der Waals surface area contributed by atoms with Gasteiger partial charge in [-0.3, -0.25) is 4.79 Å². The Morgan fingerprint density at radius 1 is 1.08 bits per heavy atom. The van der Waals surface area contributed by atoms with Crippen LogP contribution in [0, 0.1) is 0 Å². The second-order valence-corrected chi connectivity index (χ2v) is 5.65. The van der Waals surface area contributed by atoms with Gasteiger partial charge in [0, 0.05) is 18.7 Å². The molecule has 132 valence electrons. The van der Waals surface area contributed by atoms with E-state index in [2.05, 4.69) is 5.32 Å². The molecule has 0 spiro atoms. The van der Waals surface area contributed by atoms with Gasteiger partial charge >= 0.3 is 0 Å². The number of carbonyl (C=O) groups is 1. The second-order valence-electron chi connectivity index (χ2n) is 5.65. The highest BCUT2D eigenvalue weighted by Crippen LogP contribution is 2.28. The summed E-state index contributed by atoms with van der Waals surface area (Å²) in [5.41, 5.74) is 9.19. The van der Waals surface area contributed by atoms with Crippen LogP contribution in [-0.2, 0) is 17.9 Å². The summed E-state index contributed by atoms with van der Waals surface area (Å²) in [5.74, 6) is 1.16. The number of nitrogens with two attached hydrogens (primary N) is 1. The lowest BCUT2D eigenvalue weighted by Gasteiger charge is -2.09. The van der Waals surface area contributed by atoms with Crippen molar-refractivity contribution in [2.24, 2.45) is 5.73 Å². The van der Waals surface area contributed by atoms with Crippen LogP contribution in [0.2, 0.25) is 0 Å². The summed E-state index contributed by atoms with van der Waals surface area (Å²) >= 11 is 0. The molecule has 25 heavy (non-hydrogen) atoms. The molecule has 5 nitrogen and oxygen atoms in total. The number of rotatable bonds is 7. The van der Waals surface area contributed by atoms with Crippen molar-refractivity contribution in [1.82, 2.24) is 5.32 Å². The van der Waals surface area contributed by atoms with Gasteiger partial charge in [-0.05, 0) is 41.8 Å². The predicted molar refractivity (Wildman–Crippen MR) is 99.4 cm³/mol. The first-order valence-corrected chi connectivity index (χ1v) is 8.03. The third-order valence-electron chi connectivity index (χ3n) is 3.83. The quantitative estimate of drug-likeness (QED) is 0.760.